The maximum atomic E-state index is 10.5. The fourth-order valence-electron chi connectivity index (χ4n) is 0.802. The van der Waals surface area contributed by atoms with Gasteiger partial charge in [0.25, 0.3) is 10.1 Å². The van der Waals surface area contributed by atoms with Gasteiger partial charge in [0, 0.05) is 6.61 Å². The molecule has 92 valence electrons. The number of aliphatic hydroxyl groups excluding tert-OH is 1. The smallest absolute Gasteiger partial charge is 0.294 e. The molecule has 1 aromatic carbocycles. The van der Waals surface area contributed by atoms with Crippen molar-refractivity contribution in [3.8, 4) is 0 Å². The molecule has 0 bridgehead atoms. The van der Waals surface area contributed by atoms with Gasteiger partial charge in [0.1, 0.15) is 0 Å². The Kier molecular flexibility index (Phi) is 6.91. The summed E-state index contributed by atoms with van der Waals surface area (Å²) in [5.74, 6) is 0. The van der Waals surface area contributed by atoms with E-state index >= 15 is 0 Å². The maximum Gasteiger partial charge on any atom is 0.294 e. The van der Waals surface area contributed by atoms with Gasteiger partial charge in [0.05, 0.1) is 4.90 Å². The van der Waals surface area contributed by atoms with Gasteiger partial charge in [-0.15, -0.1) is 0 Å². The Bertz CT molecular complexity index is 384. The molecule has 0 atom stereocenters. The lowest BCUT2D eigenvalue weighted by atomic mass is 10.2. The largest absolute Gasteiger partial charge is 0.396 e. The molecule has 0 spiro atoms. The fraction of sp³-hybridized carbons (Fsp3) is 0.400. The first-order valence-corrected chi connectivity index (χ1v) is 6.21. The average Bonchev–Trinajstić information content (AvgIpc) is 2.19. The number of aryl methyl sites for hydroxylation is 1. The first kappa shape index (κ1) is 15.0. The van der Waals surface area contributed by atoms with Crippen molar-refractivity contribution in [2.75, 3.05) is 13.2 Å². The first-order valence-electron chi connectivity index (χ1n) is 4.77. The molecule has 0 amide bonds. The number of nitrogens with two attached hydrogens (primary N) is 1. The van der Waals surface area contributed by atoms with Gasteiger partial charge in [-0.1, -0.05) is 17.7 Å². The van der Waals surface area contributed by atoms with Crippen LogP contribution in [0.5, 0.6) is 0 Å². The molecule has 0 aliphatic carbocycles. The molecule has 0 radical (unpaired) electrons. The quantitative estimate of drug-likeness (QED) is 0.678. The van der Waals surface area contributed by atoms with Crippen LogP contribution in [0.25, 0.3) is 0 Å². The number of rotatable bonds is 3. The van der Waals surface area contributed by atoms with Gasteiger partial charge in [0.2, 0.25) is 0 Å². The number of benzene rings is 1. The standard InChI is InChI=1S/C7H8O3S.C3H9NO/c1-6-2-4-7(5-3-6)11(8,9)10;4-2-1-3-5/h2-5H,1H3,(H,8,9,10);5H,1-4H2. The molecular weight excluding hydrogens is 230 g/mol. The second kappa shape index (κ2) is 7.34. The van der Waals surface area contributed by atoms with Gasteiger partial charge >= 0.3 is 0 Å². The van der Waals surface area contributed by atoms with E-state index in [0.29, 0.717) is 6.54 Å². The van der Waals surface area contributed by atoms with Crippen LogP contribution in [0.2, 0.25) is 0 Å². The molecule has 16 heavy (non-hydrogen) atoms. The van der Waals surface area contributed by atoms with Crippen LogP contribution in [-0.4, -0.2) is 31.2 Å². The van der Waals surface area contributed by atoms with Crippen molar-refractivity contribution >= 4 is 10.1 Å². The van der Waals surface area contributed by atoms with Gasteiger partial charge in [-0.25, -0.2) is 0 Å². The monoisotopic (exact) mass is 247 g/mol. The number of hydrogen-bond donors (Lipinski definition) is 3. The second-order valence-corrected chi connectivity index (χ2v) is 4.58. The molecule has 0 aliphatic heterocycles. The Morgan fingerprint density at radius 3 is 2.00 bits per heavy atom. The van der Waals surface area contributed by atoms with E-state index in [1.165, 1.54) is 12.1 Å². The van der Waals surface area contributed by atoms with Crippen molar-refractivity contribution in [2.24, 2.45) is 5.73 Å². The Hall–Kier alpha value is -0.950. The summed E-state index contributed by atoms with van der Waals surface area (Å²) in [4.78, 5) is -0.0666. The number of hydrogen-bond acceptors (Lipinski definition) is 4. The third-order valence-electron chi connectivity index (χ3n) is 1.68. The summed E-state index contributed by atoms with van der Waals surface area (Å²) in [5.41, 5.74) is 5.93. The van der Waals surface area contributed by atoms with Crippen molar-refractivity contribution in [3.05, 3.63) is 29.8 Å². The van der Waals surface area contributed by atoms with E-state index in [2.05, 4.69) is 0 Å². The highest BCUT2D eigenvalue weighted by molar-refractivity contribution is 7.85. The van der Waals surface area contributed by atoms with Crippen LogP contribution in [0, 0.1) is 6.92 Å². The van der Waals surface area contributed by atoms with Crippen LogP contribution in [0.4, 0.5) is 0 Å². The zero-order valence-electron chi connectivity index (χ0n) is 9.13. The molecule has 1 aromatic rings. The summed E-state index contributed by atoms with van der Waals surface area (Å²) in [6.45, 7) is 2.65. The lowest BCUT2D eigenvalue weighted by Crippen LogP contribution is -1.99. The summed E-state index contributed by atoms with van der Waals surface area (Å²) in [6.07, 6.45) is 0.722. The SMILES string of the molecule is Cc1ccc(S(=O)(=O)O)cc1.NCCCO. The van der Waals surface area contributed by atoms with Crippen LogP contribution in [0.15, 0.2) is 29.2 Å². The van der Waals surface area contributed by atoms with Crippen LogP contribution >= 0.6 is 0 Å². The summed E-state index contributed by atoms with van der Waals surface area (Å²) in [5, 5.41) is 7.99. The molecule has 0 saturated heterocycles. The zero-order valence-corrected chi connectivity index (χ0v) is 9.94. The second-order valence-electron chi connectivity index (χ2n) is 3.15. The molecule has 6 heteroatoms. The minimum atomic E-state index is -4.02. The van der Waals surface area contributed by atoms with E-state index < -0.39 is 10.1 Å². The number of aliphatic hydroxyl groups is 1. The summed E-state index contributed by atoms with van der Waals surface area (Å²) < 4.78 is 29.6. The van der Waals surface area contributed by atoms with Gasteiger partial charge in [-0.05, 0) is 32.0 Å². The van der Waals surface area contributed by atoms with Gasteiger partial charge in [0.15, 0.2) is 0 Å². The average molecular weight is 247 g/mol. The van der Waals surface area contributed by atoms with Crippen LogP contribution in [0.3, 0.4) is 0 Å². The highest BCUT2D eigenvalue weighted by Crippen LogP contribution is 2.08. The van der Waals surface area contributed by atoms with Gasteiger partial charge < -0.3 is 10.8 Å². The maximum absolute atomic E-state index is 10.5. The molecule has 0 fully saturated rings. The molecule has 5 nitrogen and oxygen atoms in total. The first-order chi connectivity index (χ1) is 7.41. The van der Waals surface area contributed by atoms with E-state index in [1.807, 2.05) is 6.92 Å². The molecule has 0 aromatic heterocycles. The predicted molar refractivity (Wildman–Crippen MR) is 61.8 cm³/mol. The van der Waals surface area contributed by atoms with E-state index in [9.17, 15) is 8.42 Å². The highest BCUT2D eigenvalue weighted by Gasteiger charge is 2.06. The molecule has 0 unspecified atom stereocenters. The van der Waals surface area contributed by atoms with Crippen LogP contribution in [-0.2, 0) is 10.1 Å². The Morgan fingerprint density at radius 1 is 1.25 bits per heavy atom. The third-order valence-corrected chi connectivity index (χ3v) is 2.55. The lowest BCUT2D eigenvalue weighted by Gasteiger charge is -1.95. The molecule has 0 heterocycles. The summed E-state index contributed by atoms with van der Waals surface area (Å²) >= 11 is 0. The van der Waals surface area contributed by atoms with Crippen molar-refractivity contribution in [2.45, 2.75) is 18.2 Å². The van der Waals surface area contributed by atoms with E-state index in [1.54, 1.807) is 12.1 Å². The molecule has 0 aliphatic rings. The van der Waals surface area contributed by atoms with Crippen LogP contribution < -0.4 is 5.73 Å². The van der Waals surface area contributed by atoms with E-state index in [0.717, 1.165) is 12.0 Å². The van der Waals surface area contributed by atoms with Crippen molar-refractivity contribution in [1.29, 1.82) is 0 Å². The topological polar surface area (TPSA) is 101 Å². The van der Waals surface area contributed by atoms with Crippen molar-refractivity contribution < 1.29 is 18.1 Å². The van der Waals surface area contributed by atoms with E-state index in [4.69, 9.17) is 15.4 Å². The van der Waals surface area contributed by atoms with Crippen molar-refractivity contribution in [3.63, 3.8) is 0 Å². The minimum Gasteiger partial charge on any atom is -0.396 e. The lowest BCUT2D eigenvalue weighted by molar-refractivity contribution is 0.291. The normalized spacial score (nSPS) is 10.5. The minimum absolute atomic E-state index is 0.0666. The van der Waals surface area contributed by atoms with Crippen molar-refractivity contribution in [1.82, 2.24) is 0 Å². The summed E-state index contributed by atoms with van der Waals surface area (Å²) in [7, 11) is -4.02. The Balaban J connectivity index is 0.000000385. The zero-order chi connectivity index (χ0) is 12.6. The Morgan fingerprint density at radius 2 is 1.75 bits per heavy atom. The Labute approximate surface area is 95.7 Å². The van der Waals surface area contributed by atoms with Gasteiger partial charge in [-0.3, -0.25) is 4.55 Å². The summed E-state index contributed by atoms with van der Waals surface area (Å²) in [6, 6.07) is 5.99. The third kappa shape index (κ3) is 6.52. The molecule has 0 saturated carbocycles. The molecule has 4 N–H and O–H groups in total. The fourth-order valence-corrected chi connectivity index (χ4v) is 1.28. The molecule has 1 rings (SSSR count). The van der Waals surface area contributed by atoms with Gasteiger partial charge in [-0.2, -0.15) is 8.42 Å². The molecular formula is C10H17NO4S. The van der Waals surface area contributed by atoms with E-state index in [-0.39, 0.29) is 11.5 Å². The van der Waals surface area contributed by atoms with Crippen LogP contribution in [0.1, 0.15) is 12.0 Å². The predicted octanol–water partition coefficient (Wildman–Crippen LogP) is 0.569. The highest BCUT2D eigenvalue weighted by atomic mass is 32.2.